The van der Waals surface area contributed by atoms with Crippen LogP contribution in [0.15, 0.2) is 22.0 Å². The SMILES string of the molecule is CO/N=C1\C=C2[C@@H](C)C[C@@H]3[C@H](CC[C@@]4(C)[C@H]3CC[C@]4(O[Si](C)(C)C)/C(COC(C)=O)=N\OC)[C@@]2(C)CC1. The lowest BCUT2D eigenvalue weighted by molar-refractivity contribution is -0.140. The van der Waals surface area contributed by atoms with Gasteiger partial charge in [-0.15, -0.1) is 0 Å². The van der Waals surface area contributed by atoms with E-state index in [0.717, 1.165) is 43.5 Å². The van der Waals surface area contributed by atoms with Crippen LogP contribution in [0.4, 0.5) is 0 Å². The van der Waals surface area contributed by atoms with Gasteiger partial charge in [0.2, 0.25) is 0 Å². The molecule has 0 radical (unpaired) electrons. The fourth-order valence-electron chi connectivity index (χ4n) is 8.90. The largest absolute Gasteiger partial charge is 0.459 e. The molecule has 4 aliphatic carbocycles. The molecule has 0 bridgehead atoms. The van der Waals surface area contributed by atoms with E-state index in [1.165, 1.54) is 19.8 Å². The van der Waals surface area contributed by atoms with Crippen LogP contribution in [-0.2, 0) is 23.6 Å². The van der Waals surface area contributed by atoms with Crippen LogP contribution in [0.1, 0.15) is 72.6 Å². The van der Waals surface area contributed by atoms with Gasteiger partial charge >= 0.3 is 5.97 Å². The Bertz CT molecular complexity index is 987. The number of fused-ring (bicyclic) bond motifs is 5. The van der Waals surface area contributed by atoms with Crippen LogP contribution in [0, 0.1) is 34.5 Å². The first-order valence-corrected chi connectivity index (χ1v) is 17.5. The fourth-order valence-corrected chi connectivity index (χ4v) is 10.4. The van der Waals surface area contributed by atoms with Crippen molar-refractivity contribution in [1.82, 2.24) is 0 Å². The Hall–Kier alpha value is -1.67. The van der Waals surface area contributed by atoms with Gasteiger partial charge in [-0.25, -0.2) is 0 Å². The van der Waals surface area contributed by atoms with Gasteiger partial charge in [-0.2, -0.15) is 0 Å². The molecule has 3 saturated carbocycles. The zero-order chi connectivity index (χ0) is 27.2. The number of nitrogens with zero attached hydrogens (tertiary/aromatic N) is 2. The lowest BCUT2D eigenvalue weighted by Crippen LogP contribution is -2.62. The molecule has 0 aromatic carbocycles. The van der Waals surface area contributed by atoms with E-state index in [-0.39, 0.29) is 23.4 Å². The van der Waals surface area contributed by atoms with E-state index in [0.29, 0.717) is 23.7 Å². The summed E-state index contributed by atoms with van der Waals surface area (Å²) in [7, 11) is 1.22. The molecule has 4 rings (SSSR count). The number of allylic oxidation sites excluding steroid dienone is 2. The number of esters is 1. The monoisotopic (exact) mass is 532 g/mol. The lowest BCUT2D eigenvalue weighted by atomic mass is 9.44. The standard InChI is InChI=1S/C29H48N2O5Si/c1-19-16-22-23(27(3)13-10-21(30-33-5)17-25(19)27)11-14-28(4)24(22)12-15-29(28,36-37(7,8)9)26(31-34-6)18-35-20(2)32/h17,19,22-24H,10-16,18H2,1-9H3/b30-21-,31-26-/t19-,22+,23-,24-,27+,28-,29-/m0/s1. The number of hydrogen-bond donors (Lipinski definition) is 0. The summed E-state index contributed by atoms with van der Waals surface area (Å²) in [5.41, 5.74) is 2.91. The molecule has 0 spiro atoms. The van der Waals surface area contributed by atoms with E-state index in [1.54, 1.807) is 19.8 Å². The second-order valence-electron chi connectivity index (χ2n) is 13.3. The van der Waals surface area contributed by atoms with Crippen molar-refractivity contribution in [3.05, 3.63) is 11.6 Å². The van der Waals surface area contributed by atoms with Crippen LogP contribution in [-0.4, -0.2) is 52.1 Å². The third-order valence-electron chi connectivity index (χ3n) is 10.2. The molecule has 0 aliphatic heterocycles. The van der Waals surface area contributed by atoms with Crippen LogP contribution >= 0.6 is 0 Å². The quantitative estimate of drug-likeness (QED) is 0.165. The molecule has 0 saturated heterocycles. The Balaban J connectivity index is 1.74. The average molecular weight is 533 g/mol. The van der Waals surface area contributed by atoms with E-state index in [1.807, 2.05) is 0 Å². The third kappa shape index (κ3) is 4.81. The molecular weight excluding hydrogens is 484 g/mol. The minimum Gasteiger partial charge on any atom is -0.459 e. The Morgan fingerprint density at radius 2 is 1.78 bits per heavy atom. The van der Waals surface area contributed by atoms with Crippen molar-refractivity contribution in [2.24, 2.45) is 44.8 Å². The summed E-state index contributed by atoms with van der Waals surface area (Å²) in [5.74, 6) is 2.00. The molecule has 4 aliphatic rings. The molecule has 0 aromatic rings. The Kier molecular flexibility index (Phi) is 7.76. The minimum absolute atomic E-state index is 0.0966. The van der Waals surface area contributed by atoms with Gasteiger partial charge in [0.05, 0.1) is 5.71 Å². The van der Waals surface area contributed by atoms with Crippen molar-refractivity contribution in [3.63, 3.8) is 0 Å². The smallest absolute Gasteiger partial charge is 0.303 e. The van der Waals surface area contributed by atoms with Gasteiger partial charge in [-0.3, -0.25) is 4.79 Å². The molecule has 8 heteroatoms. The summed E-state index contributed by atoms with van der Waals surface area (Å²) in [6.45, 7) is 15.6. The summed E-state index contributed by atoms with van der Waals surface area (Å²) < 4.78 is 12.7. The van der Waals surface area contributed by atoms with Crippen LogP contribution in [0.25, 0.3) is 0 Å². The Morgan fingerprint density at radius 3 is 2.41 bits per heavy atom. The zero-order valence-corrected chi connectivity index (χ0v) is 25.5. The van der Waals surface area contributed by atoms with Crippen molar-refractivity contribution in [3.8, 4) is 0 Å². The highest BCUT2D eigenvalue weighted by atomic mass is 28.4. The number of carbonyl (C=O) groups excluding carboxylic acids is 1. The maximum Gasteiger partial charge on any atom is 0.303 e. The van der Waals surface area contributed by atoms with Gasteiger partial charge in [0, 0.05) is 12.3 Å². The van der Waals surface area contributed by atoms with Crippen LogP contribution in [0.2, 0.25) is 19.6 Å². The number of oxime groups is 2. The molecular formula is C29H48N2O5Si. The van der Waals surface area contributed by atoms with Crippen molar-refractivity contribution in [1.29, 1.82) is 0 Å². The second-order valence-corrected chi connectivity index (χ2v) is 17.8. The Labute approximate surface area is 224 Å². The summed E-state index contributed by atoms with van der Waals surface area (Å²) in [6, 6.07) is 0. The summed E-state index contributed by atoms with van der Waals surface area (Å²) in [5, 5.41) is 8.79. The van der Waals surface area contributed by atoms with E-state index in [2.05, 4.69) is 56.8 Å². The number of rotatable bonds is 7. The number of carbonyl (C=O) groups is 1. The fraction of sp³-hybridized carbons (Fsp3) is 0.828. The van der Waals surface area contributed by atoms with Crippen molar-refractivity contribution >= 4 is 25.7 Å². The van der Waals surface area contributed by atoms with Gasteiger partial charge in [-0.1, -0.05) is 36.7 Å². The topological polar surface area (TPSA) is 78.7 Å². The van der Waals surface area contributed by atoms with Gasteiger partial charge < -0.3 is 18.8 Å². The summed E-state index contributed by atoms with van der Waals surface area (Å²) in [4.78, 5) is 22.3. The normalized spacial score (nSPS) is 40.8. The van der Waals surface area contributed by atoms with E-state index >= 15 is 0 Å². The van der Waals surface area contributed by atoms with Gasteiger partial charge in [0.25, 0.3) is 0 Å². The molecule has 0 aromatic heterocycles. The van der Waals surface area contributed by atoms with E-state index < -0.39 is 13.9 Å². The number of ether oxygens (including phenoxy) is 1. The molecule has 7 atom stereocenters. The first-order valence-electron chi connectivity index (χ1n) is 14.1. The third-order valence-corrected chi connectivity index (χ3v) is 11.1. The van der Waals surface area contributed by atoms with Crippen molar-refractivity contribution in [2.45, 2.75) is 97.9 Å². The molecule has 3 fully saturated rings. The second kappa shape index (κ2) is 10.1. The highest BCUT2D eigenvalue weighted by Crippen LogP contribution is 2.69. The predicted molar refractivity (Wildman–Crippen MR) is 149 cm³/mol. The van der Waals surface area contributed by atoms with Gasteiger partial charge in [0.1, 0.15) is 32.1 Å². The summed E-state index contributed by atoms with van der Waals surface area (Å²) in [6.07, 6.45) is 9.87. The highest BCUT2D eigenvalue weighted by molar-refractivity contribution is 6.70. The van der Waals surface area contributed by atoms with E-state index in [9.17, 15) is 4.79 Å². The molecule has 0 amide bonds. The number of hydrogen-bond acceptors (Lipinski definition) is 7. The first-order chi connectivity index (χ1) is 17.3. The maximum atomic E-state index is 11.8. The van der Waals surface area contributed by atoms with Crippen molar-refractivity contribution < 1.29 is 23.6 Å². The zero-order valence-electron chi connectivity index (χ0n) is 24.5. The van der Waals surface area contributed by atoms with Crippen molar-refractivity contribution in [2.75, 3.05) is 20.8 Å². The first kappa shape index (κ1) is 28.3. The van der Waals surface area contributed by atoms with E-state index in [4.69, 9.17) is 18.8 Å². The predicted octanol–water partition coefficient (Wildman–Crippen LogP) is 6.35. The minimum atomic E-state index is -1.99. The van der Waals surface area contributed by atoms with Crippen LogP contribution in [0.5, 0.6) is 0 Å². The van der Waals surface area contributed by atoms with Gasteiger partial charge in [-0.05, 0) is 99.7 Å². The van der Waals surface area contributed by atoms with Crippen LogP contribution < -0.4 is 0 Å². The highest BCUT2D eigenvalue weighted by Gasteiger charge is 2.67. The molecule has 208 valence electrons. The Morgan fingerprint density at radius 1 is 1.08 bits per heavy atom. The van der Waals surface area contributed by atoms with Crippen LogP contribution in [0.3, 0.4) is 0 Å². The molecule has 0 heterocycles. The molecule has 0 unspecified atom stereocenters. The molecule has 0 N–H and O–H groups in total. The average Bonchev–Trinajstić information content (AvgIpc) is 3.09. The van der Waals surface area contributed by atoms with Gasteiger partial charge in [0.15, 0.2) is 8.32 Å². The lowest BCUT2D eigenvalue weighted by Gasteiger charge is -2.61. The molecule has 37 heavy (non-hydrogen) atoms. The molecule has 7 nitrogen and oxygen atoms in total. The maximum absolute atomic E-state index is 11.8. The summed E-state index contributed by atoms with van der Waals surface area (Å²) >= 11 is 0.